The van der Waals surface area contributed by atoms with E-state index in [1.807, 2.05) is 12.1 Å². The fourth-order valence-electron chi connectivity index (χ4n) is 2.23. The first-order chi connectivity index (χ1) is 11.4. The van der Waals surface area contributed by atoms with Crippen molar-refractivity contribution in [2.24, 2.45) is 4.99 Å². The summed E-state index contributed by atoms with van der Waals surface area (Å²) < 4.78 is 13.4. The molecule has 0 atom stereocenters. The van der Waals surface area contributed by atoms with E-state index >= 15 is 0 Å². The van der Waals surface area contributed by atoms with Crippen LogP contribution in [0.1, 0.15) is 25.0 Å². The van der Waals surface area contributed by atoms with E-state index in [1.54, 1.807) is 31.4 Å². The maximum Gasteiger partial charge on any atom is 0.191 e. The van der Waals surface area contributed by atoms with Gasteiger partial charge in [-0.2, -0.15) is 0 Å². The Morgan fingerprint density at radius 3 is 2.60 bits per heavy atom. The van der Waals surface area contributed by atoms with Crippen molar-refractivity contribution in [3.8, 4) is 0 Å². The first-order valence-electron chi connectivity index (χ1n) is 7.72. The molecule has 7 heteroatoms. The van der Waals surface area contributed by atoms with E-state index in [0.29, 0.717) is 24.2 Å². The molecule has 0 bridgehead atoms. The zero-order valence-corrected chi connectivity index (χ0v) is 17.6. The molecule has 2 rings (SSSR count). The Bertz CT molecular complexity index is 704. The third kappa shape index (κ3) is 6.78. The van der Waals surface area contributed by atoms with Crippen LogP contribution in [0, 0.1) is 5.82 Å². The van der Waals surface area contributed by atoms with Crippen LogP contribution in [0.15, 0.2) is 47.6 Å². The highest BCUT2D eigenvalue weighted by molar-refractivity contribution is 14.0. The van der Waals surface area contributed by atoms with E-state index < -0.39 is 0 Å². The van der Waals surface area contributed by atoms with Gasteiger partial charge in [0.15, 0.2) is 5.96 Å². The third-order valence-corrected chi connectivity index (χ3v) is 4.00. The highest BCUT2D eigenvalue weighted by Gasteiger charge is 2.21. The molecule has 0 spiro atoms. The molecule has 2 N–H and O–H groups in total. The normalized spacial score (nSPS) is 11.6. The third-order valence-electron chi connectivity index (χ3n) is 3.78. The largest absolute Gasteiger partial charge is 0.356 e. The number of benzene rings is 1. The summed E-state index contributed by atoms with van der Waals surface area (Å²) in [4.78, 5) is 8.25. The summed E-state index contributed by atoms with van der Waals surface area (Å²) >= 11 is 5.78. The number of aliphatic imine (C=N–C) groups is 1. The summed E-state index contributed by atoms with van der Waals surface area (Å²) in [6.07, 6.45) is 1.72. The van der Waals surface area contributed by atoms with Crippen molar-refractivity contribution in [1.29, 1.82) is 0 Å². The minimum atomic E-state index is -0.235. The molecule has 136 valence electrons. The van der Waals surface area contributed by atoms with Gasteiger partial charge >= 0.3 is 0 Å². The van der Waals surface area contributed by atoms with Gasteiger partial charge < -0.3 is 10.6 Å². The molecule has 0 unspecified atom stereocenters. The number of guanidine groups is 1. The molecular formula is C18H23ClFIN4. The Hall–Kier alpha value is -1.41. The van der Waals surface area contributed by atoms with Crippen LogP contribution < -0.4 is 10.6 Å². The summed E-state index contributed by atoms with van der Waals surface area (Å²) in [6, 6.07) is 10.3. The van der Waals surface area contributed by atoms with Crippen molar-refractivity contribution in [2.75, 3.05) is 13.6 Å². The predicted octanol–water partition coefficient (Wildman–Crippen LogP) is 4.13. The number of hydrogen-bond donors (Lipinski definition) is 2. The standard InChI is InChI=1S/C18H22ClFN4.HI/c1-18(2,14-5-4-6-15(20)9-14)12-24-17(21-3)23-11-13-7-8-16(19)22-10-13;/h4-10H,11-12H2,1-3H3,(H2,21,23,24);1H. The lowest BCUT2D eigenvalue weighted by Crippen LogP contribution is -2.43. The fourth-order valence-corrected chi connectivity index (χ4v) is 2.35. The van der Waals surface area contributed by atoms with Crippen LogP contribution in [0.2, 0.25) is 5.15 Å². The molecule has 0 amide bonds. The van der Waals surface area contributed by atoms with Gasteiger partial charge in [0, 0.05) is 31.7 Å². The number of nitrogens with zero attached hydrogens (tertiary/aromatic N) is 2. The van der Waals surface area contributed by atoms with Gasteiger partial charge in [0.25, 0.3) is 0 Å². The lowest BCUT2D eigenvalue weighted by molar-refractivity contribution is 0.503. The fraction of sp³-hybridized carbons (Fsp3) is 0.333. The monoisotopic (exact) mass is 476 g/mol. The first-order valence-corrected chi connectivity index (χ1v) is 8.09. The van der Waals surface area contributed by atoms with Crippen LogP contribution in [-0.2, 0) is 12.0 Å². The van der Waals surface area contributed by atoms with Crippen LogP contribution in [0.5, 0.6) is 0 Å². The van der Waals surface area contributed by atoms with E-state index in [4.69, 9.17) is 11.6 Å². The molecule has 1 aromatic carbocycles. The maximum atomic E-state index is 13.4. The summed E-state index contributed by atoms with van der Waals surface area (Å²) in [6.45, 7) is 5.33. The lowest BCUT2D eigenvalue weighted by Gasteiger charge is -2.26. The Morgan fingerprint density at radius 1 is 1.24 bits per heavy atom. The molecule has 0 fully saturated rings. The second-order valence-electron chi connectivity index (χ2n) is 6.16. The summed E-state index contributed by atoms with van der Waals surface area (Å²) in [7, 11) is 1.71. The topological polar surface area (TPSA) is 49.3 Å². The highest BCUT2D eigenvalue weighted by Crippen LogP contribution is 2.22. The second kappa shape index (κ2) is 9.91. The van der Waals surface area contributed by atoms with Gasteiger partial charge in [0.1, 0.15) is 11.0 Å². The van der Waals surface area contributed by atoms with Crippen LogP contribution in [0.25, 0.3) is 0 Å². The van der Waals surface area contributed by atoms with E-state index in [2.05, 4.69) is 34.5 Å². The Morgan fingerprint density at radius 2 is 2.00 bits per heavy atom. The molecule has 0 saturated heterocycles. The number of hydrogen-bond acceptors (Lipinski definition) is 2. The first kappa shape index (κ1) is 21.6. The molecular weight excluding hydrogens is 454 g/mol. The van der Waals surface area contributed by atoms with Gasteiger partial charge in [-0.15, -0.1) is 24.0 Å². The van der Waals surface area contributed by atoms with Gasteiger partial charge in [0.05, 0.1) is 0 Å². The van der Waals surface area contributed by atoms with Crippen LogP contribution >= 0.6 is 35.6 Å². The summed E-state index contributed by atoms with van der Waals surface area (Å²) in [5.74, 6) is 0.452. The molecule has 1 heterocycles. The molecule has 0 aliphatic carbocycles. The van der Waals surface area contributed by atoms with E-state index in [0.717, 1.165) is 11.1 Å². The zero-order chi connectivity index (χ0) is 17.6. The van der Waals surface area contributed by atoms with E-state index in [-0.39, 0.29) is 35.2 Å². The molecule has 0 radical (unpaired) electrons. The minimum Gasteiger partial charge on any atom is -0.356 e. The zero-order valence-electron chi connectivity index (χ0n) is 14.5. The summed E-state index contributed by atoms with van der Waals surface area (Å²) in [5.41, 5.74) is 1.71. The average Bonchev–Trinajstić information content (AvgIpc) is 2.56. The van der Waals surface area contributed by atoms with Crippen molar-refractivity contribution < 1.29 is 4.39 Å². The number of nitrogens with one attached hydrogen (secondary N) is 2. The molecule has 0 saturated carbocycles. The van der Waals surface area contributed by atoms with Gasteiger partial charge in [-0.25, -0.2) is 9.37 Å². The molecule has 0 aliphatic heterocycles. The molecule has 0 aliphatic rings. The minimum absolute atomic E-state index is 0. The van der Waals surface area contributed by atoms with Crippen molar-refractivity contribution in [1.82, 2.24) is 15.6 Å². The molecule has 25 heavy (non-hydrogen) atoms. The Balaban J connectivity index is 0.00000312. The number of halogens is 3. The van der Waals surface area contributed by atoms with Gasteiger partial charge in [-0.3, -0.25) is 4.99 Å². The van der Waals surface area contributed by atoms with E-state index in [9.17, 15) is 4.39 Å². The average molecular weight is 477 g/mol. The molecule has 2 aromatic rings. The molecule has 4 nitrogen and oxygen atoms in total. The van der Waals surface area contributed by atoms with Crippen molar-refractivity contribution in [3.05, 3.63) is 64.7 Å². The lowest BCUT2D eigenvalue weighted by atomic mass is 9.84. The van der Waals surface area contributed by atoms with Crippen LogP contribution in [0.4, 0.5) is 4.39 Å². The van der Waals surface area contributed by atoms with Gasteiger partial charge in [-0.1, -0.05) is 43.6 Å². The van der Waals surface area contributed by atoms with Crippen molar-refractivity contribution >= 4 is 41.5 Å². The number of pyridine rings is 1. The second-order valence-corrected chi connectivity index (χ2v) is 6.55. The SMILES string of the molecule is CN=C(NCc1ccc(Cl)nc1)NCC(C)(C)c1cccc(F)c1.I. The van der Waals surface area contributed by atoms with Crippen molar-refractivity contribution in [2.45, 2.75) is 25.8 Å². The van der Waals surface area contributed by atoms with Gasteiger partial charge in [0.2, 0.25) is 0 Å². The quantitative estimate of drug-likeness (QED) is 0.295. The Labute approximate surface area is 170 Å². The number of rotatable bonds is 5. The number of aromatic nitrogens is 1. The van der Waals surface area contributed by atoms with Crippen LogP contribution in [0.3, 0.4) is 0 Å². The van der Waals surface area contributed by atoms with Crippen LogP contribution in [-0.4, -0.2) is 24.5 Å². The van der Waals surface area contributed by atoms with Gasteiger partial charge in [-0.05, 0) is 29.3 Å². The maximum absolute atomic E-state index is 13.4. The summed E-state index contributed by atoms with van der Waals surface area (Å²) in [5, 5.41) is 6.97. The van der Waals surface area contributed by atoms with Crippen molar-refractivity contribution in [3.63, 3.8) is 0 Å². The smallest absolute Gasteiger partial charge is 0.191 e. The highest BCUT2D eigenvalue weighted by atomic mass is 127. The predicted molar refractivity (Wildman–Crippen MR) is 112 cm³/mol. The Kier molecular flexibility index (Phi) is 8.58. The van der Waals surface area contributed by atoms with E-state index in [1.165, 1.54) is 6.07 Å². The molecule has 1 aromatic heterocycles.